The summed E-state index contributed by atoms with van der Waals surface area (Å²) >= 11 is 0. The molecule has 0 atom stereocenters. The first-order valence-corrected chi connectivity index (χ1v) is 9.54. The predicted octanol–water partition coefficient (Wildman–Crippen LogP) is 4.88. The zero-order valence-corrected chi connectivity index (χ0v) is 16.6. The molecule has 4 aromatic rings. The summed E-state index contributed by atoms with van der Waals surface area (Å²) in [5, 5.41) is 3.11. The summed E-state index contributed by atoms with van der Waals surface area (Å²) in [4.78, 5) is 8.93. The maximum absolute atomic E-state index is 12.4. The molecule has 2 aromatic carbocycles. The van der Waals surface area contributed by atoms with Gasteiger partial charge in [-0.25, -0.2) is 4.98 Å². The van der Waals surface area contributed by atoms with Crippen LogP contribution in [0.1, 0.15) is 17.0 Å². The van der Waals surface area contributed by atoms with E-state index in [1.54, 1.807) is 6.07 Å². The van der Waals surface area contributed by atoms with Crippen molar-refractivity contribution in [2.24, 2.45) is 0 Å². The first kappa shape index (κ1) is 20.5. The van der Waals surface area contributed by atoms with Gasteiger partial charge in [0.1, 0.15) is 5.75 Å². The number of nitrogen functional groups attached to an aromatic ring is 1. The summed E-state index contributed by atoms with van der Waals surface area (Å²) < 4.78 is 43.1. The van der Waals surface area contributed by atoms with E-state index >= 15 is 0 Å². The molecule has 160 valence electrons. The van der Waals surface area contributed by atoms with Crippen molar-refractivity contribution in [3.63, 3.8) is 0 Å². The van der Waals surface area contributed by atoms with Gasteiger partial charge in [0.2, 0.25) is 5.95 Å². The molecule has 0 aliphatic rings. The molecular formula is C22H20F3N5O. The number of nitrogens with two attached hydrogens (primary N) is 1. The number of pyridine rings is 1. The van der Waals surface area contributed by atoms with Gasteiger partial charge in [-0.05, 0) is 48.9 Å². The Bertz CT molecular complexity index is 1220. The Morgan fingerprint density at radius 2 is 1.84 bits per heavy atom. The van der Waals surface area contributed by atoms with E-state index in [4.69, 9.17) is 5.73 Å². The number of anilines is 2. The van der Waals surface area contributed by atoms with Gasteiger partial charge in [-0.2, -0.15) is 0 Å². The molecule has 0 amide bonds. The molecule has 0 saturated carbocycles. The highest BCUT2D eigenvalue weighted by atomic mass is 19.4. The maximum Gasteiger partial charge on any atom is 0.573 e. The molecule has 2 aromatic heterocycles. The van der Waals surface area contributed by atoms with Gasteiger partial charge in [0.05, 0.1) is 23.3 Å². The van der Waals surface area contributed by atoms with E-state index in [2.05, 4.69) is 20.0 Å². The van der Waals surface area contributed by atoms with E-state index < -0.39 is 6.36 Å². The van der Waals surface area contributed by atoms with Crippen molar-refractivity contribution < 1.29 is 17.9 Å². The fourth-order valence-corrected chi connectivity index (χ4v) is 3.32. The van der Waals surface area contributed by atoms with Gasteiger partial charge in [0.25, 0.3) is 0 Å². The number of nitrogens with zero attached hydrogens (tertiary/aromatic N) is 3. The minimum atomic E-state index is -4.73. The molecule has 0 radical (unpaired) electrons. The molecule has 0 fully saturated rings. The van der Waals surface area contributed by atoms with Gasteiger partial charge in [0, 0.05) is 24.0 Å². The number of fused-ring (bicyclic) bond motifs is 1. The lowest BCUT2D eigenvalue weighted by Crippen LogP contribution is -2.17. The first-order chi connectivity index (χ1) is 14.8. The third-order valence-corrected chi connectivity index (χ3v) is 4.67. The fraction of sp³-hybridized carbons (Fsp3) is 0.182. The second-order valence-corrected chi connectivity index (χ2v) is 7.08. The molecule has 2 heterocycles. The number of aryl methyl sites for hydroxylation is 1. The van der Waals surface area contributed by atoms with Crippen LogP contribution in [-0.4, -0.2) is 20.9 Å². The fourth-order valence-electron chi connectivity index (χ4n) is 3.32. The number of hydrogen-bond donors (Lipinski definition) is 2. The van der Waals surface area contributed by atoms with Crippen molar-refractivity contribution in [3.8, 4) is 5.75 Å². The number of hydrogen-bond acceptors (Lipinski definition) is 5. The van der Waals surface area contributed by atoms with Crippen molar-refractivity contribution in [2.75, 3.05) is 11.1 Å². The minimum Gasteiger partial charge on any atom is -0.406 e. The Balaban J connectivity index is 1.53. The minimum absolute atomic E-state index is 0.274. The zero-order chi connectivity index (χ0) is 22.0. The predicted molar refractivity (Wildman–Crippen MR) is 113 cm³/mol. The number of halogens is 3. The standard InChI is InChI=1S/C22H20F3N5O/c1-14-4-2-6-17(28-14)13-30-20-10-15(8-9-19(20)29-21(30)26)12-27-16-5-3-7-18(11-16)31-22(23,24)25/h2-11,27H,12-13H2,1H3,(H2,26,29). The summed E-state index contributed by atoms with van der Waals surface area (Å²) in [6, 6.07) is 17.3. The van der Waals surface area contributed by atoms with Crippen LogP contribution in [0.2, 0.25) is 0 Å². The van der Waals surface area contributed by atoms with Crippen molar-refractivity contribution in [3.05, 3.63) is 77.6 Å². The van der Waals surface area contributed by atoms with Crippen molar-refractivity contribution in [1.82, 2.24) is 14.5 Å². The molecule has 6 nitrogen and oxygen atoms in total. The number of benzene rings is 2. The number of rotatable bonds is 6. The lowest BCUT2D eigenvalue weighted by molar-refractivity contribution is -0.274. The molecule has 0 saturated heterocycles. The summed E-state index contributed by atoms with van der Waals surface area (Å²) in [6.07, 6.45) is -4.73. The van der Waals surface area contributed by atoms with Gasteiger partial charge in [-0.3, -0.25) is 4.98 Å². The molecule has 0 unspecified atom stereocenters. The molecule has 0 spiro atoms. The van der Waals surface area contributed by atoms with Crippen LogP contribution >= 0.6 is 0 Å². The van der Waals surface area contributed by atoms with E-state index in [0.29, 0.717) is 24.7 Å². The average Bonchev–Trinajstić information content (AvgIpc) is 3.00. The summed E-state index contributed by atoms with van der Waals surface area (Å²) in [7, 11) is 0. The third-order valence-electron chi connectivity index (χ3n) is 4.67. The quantitative estimate of drug-likeness (QED) is 0.459. The van der Waals surface area contributed by atoms with Gasteiger partial charge in [0.15, 0.2) is 0 Å². The Labute approximate surface area is 176 Å². The maximum atomic E-state index is 12.4. The van der Waals surface area contributed by atoms with E-state index in [-0.39, 0.29) is 5.75 Å². The Kier molecular flexibility index (Phi) is 5.41. The normalized spacial score (nSPS) is 11.6. The van der Waals surface area contributed by atoms with Crippen LogP contribution in [0.4, 0.5) is 24.8 Å². The van der Waals surface area contributed by atoms with Crippen LogP contribution < -0.4 is 15.8 Å². The second-order valence-electron chi connectivity index (χ2n) is 7.08. The molecule has 9 heteroatoms. The zero-order valence-electron chi connectivity index (χ0n) is 16.6. The Morgan fingerprint density at radius 3 is 2.61 bits per heavy atom. The molecule has 0 aliphatic heterocycles. The molecule has 4 rings (SSSR count). The van der Waals surface area contributed by atoms with E-state index in [1.807, 2.05) is 47.9 Å². The molecule has 3 N–H and O–H groups in total. The number of nitrogens with one attached hydrogen (secondary N) is 1. The van der Waals surface area contributed by atoms with E-state index in [9.17, 15) is 13.2 Å². The van der Waals surface area contributed by atoms with E-state index in [1.165, 1.54) is 18.2 Å². The Morgan fingerprint density at radius 1 is 1.03 bits per heavy atom. The number of alkyl halides is 3. The van der Waals surface area contributed by atoms with Crippen LogP contribution in [-0.2, 0) is 13.1 Å². The summed E-state index contributed by atoms with van der Waals surface area (Å²) in [5.74, 6) is 0.116. The average molecular weight is 427 g/mol. The van der Waals surface area contributed by atoms with E-state index in [0.717, 1.165) is 28.0 Å². The topological polar surface area (TPSA) is 78.0 Å². The first-order valence-electron chi connectivity index (χ1n) is 9.54. The number of aromatic nitrogens is 3. The summed E-state index contributed by atoms with van der Waals surface area (Å²) in [5.41, 5.74) is 11.0. The van der Waals surface area contributed by atoms with Crippen LogP contribution in [0, 0.1) is 6.92 Å². The highest BCUT2D eigenvalue weighted by molar-refractivity contribution is 5.79. The van der Waals surface area contributed by atoms with Crippen LogP contribution in [0.5, 0.6) is 5.75 Å². The van der Waals surface area contributed by atoms with Gasteiger partial charge >= 0.3 is 6.36 Å². The molecule has 0 aliphatic carbocycles. The highest BCUT2D eigenvalue weighted by Crippen LogP contribution is 2.26. The number of ether oxygens (including phenoxy) is 1. The van der Waals surface area contributed by atoms with Crippen LogP contribution in [0.25, 0.3) is 11.0 Å². The molecule has 31 heavy (non-hydrogen) atoms. The molecular weight excluding hydrogens is 407 g/mol. The van der Waals surface area contributed by atoms with Gasteiger partial charge < -0.3 is 20.4 Å². The second kappa shape index (κ2) is 8.17. The highest BCUT2D eigenvalue weighted by Gasteiger charge is 2.31. The third kappa shape index (κ3) is 5.06. The smallest absolute Gasteiger partial charge is 0.406 e. The van der Waals surface area contributed by atoms with Gasteiger partial charge in [-0.15, -0.1) is 13.2 Å². The number of imidazole rings is 1. The van der Waals surface area contributed by atoms with Crippen LogP contribution in [0.3, 0.4) is 0 Å². The monoisotopic (exact) mass is 427 g/mol. The lowest BCUT2D eigenvalue weighted by atomic mass is 10.2. The summed E-state index contributed by atoms with van der Waals surface area (Å²) in [6.45, 7) is 2.81. The lowest BCUT2D eigenvalue weighted by Gasteiger charge is -2.12. The van der Waals surface area contributed by atoms with Crippen molar-refractivity contribution in [2.45, 2.75) is 26.4 Å². The van der Waals surface area contributed by atoms with Crippen molar-refractivity contribution >= 4 is 22.7 Å². The largest absolute Gasteiger partial charge is 0.573 e. The Hall–Kier alpha value is -3.75. The molecule has 0 bridgehead atoms. The van der Waals surface area contributed by atoms with Gasteiger partial charge in [-0.1, -0.05) is 18.2 Å². The SMILES string of the molecule is Cc1cccc(Cn2c(N)nc3ccc(CNc4cccc(OC(F)(F)F)c4)cc32)n1. The van der Waals surface area contributed by atoms with Crippen molar-refractivity contribution in [1.29, 1.82) is 0 Å². The van der Waals surface area contributed by atoms with Crippen LogP contribution in [0.15, 0.2) is 60.7 Å².